The van der Waals surface area contributed by atoms with Gasteiger partial charge >= 0.3 is 0 Å². The second-order valence-corrected chi connectivity index (χ2v) is 11.4. The largest absolute Gasteiger partial charge is 0.493 e. The normalized spacial score (nSPS) is 12.9. The fraction of sp³-hybridized carbons (Fsp3) is 0.531. The predicted octanol–water partition coefficient (Wildman–Crippen LogP) is 8.54. The lowest BCUT2D eigenvalue weighted by atomic mass is 10.1. The van der Waals surface area contributed by atoms with Crippen LogP contribution in [0.15, 0.2) is 53.6 Å². The summed E-state index contributed by atoms with van der Waals surface area (Å²) in [4.78, 5) is 16.4. The molecule has 0 saturated heterocycles. The van der Waals surface area contributed by atoms with Gasteiger partial charge in [0.15, 0.2) is 11.5 Å². The molecule has 1 aliphatic heterocycles. The molecule has 1 N–H and O–H groups in total. The summed E-state index contributed by atoms with van der Waals surface area (Å²) in [6, 6.07) is 13.9. The molecular formula is C32H46N2O3S. The van der Waals surface area contributed by atoms with Gasteiger partial charge in [-0.15, -0.1) is 11.8 Å². The highest BCUT2D eigenvalue weighted by atomic mass is 32.2. The third kappa shape index (κ3) is 11.0. The van der Waals surface area contributed by atoms with Crippen LogP contribution in [0.1, 0.15) is 89.2 Å². The SMILES string of the molecule is CCCCCCCCCCCCOc1ccc(CC(=O)Nc2cccc(CN3C=C(C)SC3)c2)cc1OC. The number of anilines is 1. The number of carbonyl (C=O) groups excluding carboxylic acids is 1. The van der Waals surface area contributed by atoms with Gasteiger partial charge in [-0.2, -0.15) is 0 Å². The Morgan fingerprint density at radius 3 is 2.34 bits per heavy atom. The number of thioether (sulfide) groups is 1. The van der Waals surface area contributed by atoms with Crippen molar-refractivity contribution in [3.8, 4) is 11.5 Å². The number of hydrogen-bond acceptors (Lipinski definition) is 5. The van der Waals surface area contributed by atoms with Crippen LogP contribution in [-0.4, -0.2) is 30.4 Å². The number of nitrogens with one attached hydrogen (secondary N) is 1. The lowest BCUT2D eigenvalue weighted by molar-refractivity contribution is -0.115. The zero-order chi connectivity index (χ0) is 27.0. The number of unbranched alkanes of at least 4 members (excludes halogenated alkanes) is 9. The van der Waals surface area contributed by atoms with Crippen molar-refractivity contribution in [1.29, 1.82) is 0 Å². The van der Waals surface area contributed by atoms with Gasteiger partial charge in [0.2, 0.25) is 5.91 Å². The maximum atomic E-state index is 12.7. The average molecular weight is 539 g/mol. The molecule has 1 amide bonds. The van der Waals surface area contributed by atoms with Crippen molar-refractivity contribution in [3.63, 3.8) is 0 Å². The Morgan fingerprint density at radius 1 is 0.921 bits per heavy atom. The summed E-state index contributed by atoms with van der Waals surface area (Å²) in [5.41, 5.74) is 2.90. The summed E-state index contributed by atoms with van der Waals surface area (Å²) in [5.74, 6) is 2.35. The zero-order valence-corrected chi connectivity index (χ0v) is 24.4. The van der Waals surface area contributed by atoms with Crippen LogP contribution in [0, 0.1) is 0 Å². The Kier molecular flexibility index (Phi) is 13.5. The molecule has 3 rings (SSSR count). The van der Waals surface area contributed by atoms with E-state index in [1.54, 1.807) is 7.11 Å². The van der Waals surface area contributed by atoms with Gasteiger partial charge in [0.1, 0.15) is 0 Å². The Labute approximate surface area is 234 Å². The van der Waals surface area contributed by atoms with E-state index in [-0.39, 0.29) is 12.3 Å². The fourth-order valence-corrected chi connectivity index (χ4v) is 5.45. The van der Waals surface area contributed by atoms with Crippen molar-refractivity contribution in [3.05, 3.63) is 64.7 Å². The molecule has 0 fully saturated rings. The van der Waals surface area contributed by atoms with Crippen LogP contribution >= 0.6 is 11.8 Å². The predicted molar refractivity (Wildman–Crippen MR) is 161 cm³/mol. The number of amides is 1. The third-order valence-electron chi connectivity index (χ3n) is 6.77. The summed E-state index contributed by atoms with van der Waals surface area (Å²) in [7, 11) is 1.65. The van der Waals surface area contributed by atoms with E-state index < -0.39 is 0 Å². The molecule has 0 radical (unpaired) electrons. The van der Waals surface area contributed by atoms with E-state index in [1.807, 2.05) is 42.1 Å². The molecule has 1 heterocycles. The summed E-state index contributed by atoms with van der Waals surface area (Å²) >= 11 is 1.85. The molecule has 0 saturated carbocycles. The Morgan fingerprint density at radius 2 is 1.66 bits per heavy atom. The topological polar surface area (TPSA) is 50.8 Å². The number of rotatable bonds is 18. The standard InChI is InChI=1S/C32H46N2O3S/c1-4-5-6-7-8-9-10-11-12-13-19-37-30-18-17-27(21-31(30)36-3)22-32(35)33-29-16-14-15-28(20-29)24-34-23-26(2)38-25-34/h14-18,20-21,23H,4-13,19,22,24-25H2,1-3H3,(H,33,35). The first kappa shape index (κ1) is 29.9. The van der Waals surface area contributed by atoms with Gasteiger partial charge in [-0.05, 0) is 53.6 Å². The molecule has 38 heavy (non-hydrogen) atoms. The van der Waals surface area contributed by atoms with Crippen LogP contribution in [0.3, 0.4) is 0 Å². The molecule has 0 atom stereocenters. The minimum absolute atomic E-state index is 0.0456. The van der Waals surface area contributed by atoms with Crippen LogP contribution in [-0.2, 0) is 17.8 Å². The van der Waals surface area contributed by atoms with Crippen molar-refractivity contribution in [2.45, 2.75) is 91.0 Å². The van der Waals surface area contributed by atoms with Crippen LogP contribution in [0.2, 0.25) is 0 Å². The number of ether oxygens (including phenoxy) is 2. The second-order valence-electron chi connectivity index (χ2n) is 10.2. The number of benzene rings is 2. The Hall–Kier alpha value is -2.60. The molecule has 2 aromatic rings. The van der Waals surface area contributed by atoms with Crippen molar-refractivity contribution in [2.75, 3.05) is 24.9 Å². The van der Waals surface area contributed by atoms with Gasteiger partial charge in [0, 0.05) is 18.4 Å². The van der Waals surface area contributed by atoms with E-state index in [2.05, 4.69) is 42.4 Å². The fourth-order valence-electron chi connectivity index (χ4n) is 4.69. The van der Waals surface area contributed by atoms with Gasteiger partial charge in [-0.1, -0.05) is 82.9 Å². The van der Waals surface area contributed by atoms with Gasteiger partial charge in [0.25, 0.3) is 0 Å². The summed E-state index contributed by atoms with van der Waals surface area (Å²) < 4.78 is 11.5. The third-order valence-corrected chi connectivity index (χ3v) is 7.79. The number of carbonyl (C=O) groups is 1. The van der Waals surface area contributed by atoms with Gasteiger partial charge in [-0.25, -0.2) is 0 Å². The first-order valence-corrected chi connectivity index (χ1v) is 15.3. The molecule has 208 valence electrons. The van der Waals surface area contributed by atoms with Gasteiger partial charge < -0.3 is 19.7 Å². The Balaban J connectivity index is 1.38. The van der Waals surface area contributed by atoms with Crippen molar-refractivity contribution in [2.24, 2.45) is 0 Å². The summed E-state index contributed by atoms with van der Waals surface area (Å²) in [5, 5.41) is 3.04. The van der Waals surface area contributed by atoms with E-state index >= 15 is 0 Å². The van der Waals surface area contributed by atoms with Gasteiger partial charge in [0.05, 0.1) is 26.0 Å². The van der Waals surface area contributed by atoms with E-state index in [9.17, 15) is 4.79 Å². The highest BCUT2D eigenvalue weighted by molar-refractivity contribution is 8.03. The summed E-state index contributed by atoms with van der Waals surface area (Å²) in [6.07, 6.45) is 15.5. The number of nitrogens with zero attached hydrogens (tertiary/aromatic N) is 1. The maximum absolute atomic E-state index is 12.7. The lowest BCUT2D eigenvalue weighted by Crippen LogP contribution is -2.15. The zero-order valence-electron chi connectivity index (χ0n) is 23.6. The maximum Gasteiger partial charge on any atom is 0.228 e. The number of hydrogen-bond donors (Lipinski definition) is 1. The van der Waals surface area contributed by atoms with Crippen molar-refractivity contribution in [1.82, 2.24) is 4.90 Å². The minimum atomic E-state index is -0.0456. The van der Waals surface area contributed by atoms with Crippen LogP contribution in [0.4, 0.5) is 5.69 Å². The van der Waals surface area contributed by atoms with Gasteiger partial charge in [-0.3, -0.25) is 4.79 Å². The molecule has 5 nitrogen and oxygen atoms in total. The molecule has 6 heteroatoms. The highest BCUT2D eigenvalue weighted by Crippen LogP contribution is 2.29. The van der Waals surface area contributed by atoms with E-state index in [0.717, 1.165) is 35.8 Å². The Bertz CT molecular complexity index is 1020. The molecule has 0 unspecified atom stereocenters. The monoisotopic (exact) mass is 538 g/mol. The average Bonchev–Trinajstić information content (AvgIpc) is 3.32. The van der Waals surface area contributed by atoms with E-state index in [4.69, 9.17) is 9.47 Å². The quantitative estimate of drug-likeness (QED) is 0.193. The molecule has 0 aliphatic carbocycles. The van der Waals surface area contributed by atoms with E-state index in [1.165, 1.54) is 68.3 Å². The lowest BCUT2D eigenvalue weighted by Gasteiger charge is -2.15. The number of allylic oxidation sites excluding steroid dienone is 1. The first-order valence-electron chi connectivity index (χ1n) is 14.3. The highest BCUT2D eigenvalue weighted by Gasteiger charge is 2.12. The van der Waals surface area contributed by atoms with Crippen LogP contribution < -0.4 is 14.8 Å². The summed E-state index contributed by atoms with van der Waals surface area (Å²) in [6.45, 7) is 5.93. The van der Waals surface area contributed by atoms with Crippen molar-refractivity contribution >= 4 is 23.4 Å². The molecule has 0 spiro atoms. The minimum Gasteiger partial charge on any atom is -0.493 e. The van der Waals surface area contributed by atoms with E-state index in [0.29, 0.717) is 12.4 Å². The smallest absolute Gasteiger partial charge is 0.228 e. The molecule has 0 bridgehead atoms. The first-order chi connectivity index (χ1) is 18.6. The van der Waals surface area contributed by atoms with Crippen LogP contribution in [0.5, 0.6) is 11.5 Å². The molecular weight excluding hydrogens is 492 g/mol. The second kappa shape index (κ2) is 17.1. The molecule has 0 aromatic heterocycles. The number of methoxy groups -OCH3 is 1. The molecule has 2 aromatic carbocycles. The van der Waals surface area contributed by atoms with Crippen LogP contribution in [0.25, 0.3) is 0 Å². The molecule has 1 aliphatic rings. The van der Waals surface area contributed by atoms with Crippen molar-refractivity contribution < 1.29 is 14.3 Å².